The van der Waals surface area contributed by atoms with Crippen LogP contribution in [-0.2, 0) is 15.9 Å². The highest BCUT2D eigenvalue weighted by atomic mass is 32.1. The highest BCUT2D eigenvalue weighted by Gasteiger charge is 2.14. The highest BCUT2D eigenvalue weighted by molar-refractivity contribution is 7.09. The Kier molecular flexibility index (Phi) is 5.28. The van der Waals surface area contributed by atoms with Crippen LogP contribution in [0.5, 0.6) is 0 Å². The summed E-state index contributed by atoms with van der Waals surface area (Å²) in [6.45, 7) is 4.39. The van der Waals surface area contributed by atoms with Gasteiger partial charge in [-0.15, -0.1) is 11.3 Å². The molecule has 1 saturated heterocycles. The minimum absolute atomic E-state index is 0.332. The standard InChI is InChI=1S/C12H19NO2S/c1-2-12(16-9-1)3-5-13-6-8-15-11-4-7-14-10-11/h1-2,9,11,13H,3-8,10H2. The van der Waals surface area contributed by atoms with Gasteiger partial charge in [0.2, 0.25) is 0 Å². The Balaban J connectivity index is 1.43. The zero-order valence-corrected chi connectivity index (χ0v) is 10.3. The quantitative estimate of drug-likeness (QED) is 0.737. The van der Waals surface area contributed by atoms with Crippen LogP contribution in [0, 0.1) is 0 Å². The average molecular weight is 241 g/mol. The Labute approximate surface area is 101 Å². The van der Waals surface area contributed by atoms with Crippen molar-refractivity contribution in [2.75, 3.05) is 32.9 Å². The molecule has 1 aromatic rings. The lowest BCUT2D eigenvalue weighted by Crippen LogP contribution is -2.25. The van der Waals surface area contributed by atoms with Gasteiger partial charge in [-0.1, -0.05) is 6.07 Å². The van der Waals surface area contributed by atoms with Crippen molar-refractivity contribution >= 4 is 11.3 Å². The van der Waals surface area contributed by atoms with Gasteiger partial charge >= 0.3 is 0 Å². The van der Waals surface area contributed by atoms with Crippen molar-refractivity contribution in [1.29, 1.82) is 0 Å². The van der Waals surface area contributed by atoms with Gasteiger partial charge in [-0.05, 0) is 24.3 Å². The van der Waals surface area contributed by atoms with Gasteiger partial charge in [0.25, 0.3) is 0 Å². The van der Waals surface area contributed by atoms with Crippen molar-refractivity contribution in [1.82, 2.24) is 5.32 Å². The van der Waals surface area contributed by atoms with Gasteiger partial charge < -0.3 is 14.8 Å². The maximum atomic E-state index is 5.66. The molecule has 16 heavy (non-hydrogen) atoms. The fraction of sp³-hybridized carbons (Fsp3) is 0.667. The third-order valence-electron chi connectivity index (χ3n) is 2.65. The van der Waals surface area contributed by atoms with Crippen molar-refractivity contribution < 1.29 is 9.47 Å². The number of nitrogens with one attached hydrogen (secondary N) is 1. The van der Waals surface area contributed by atoms with Crippen LogP contribution >= 0.6 is 11.3 Å². The summed E-state index contributed by atoms with van der Waals surface area (Å²) in [7, 11) is 0. The van der Waals surface area contributed by atoms with Gasteiger partial charge in [0, 0.05) is 24.6 Å². The molecule has 1 N–H and O–H groups in total. The summed E-state index contributed by atoms with van der Waals surface area (Å²) < 4.78 is 10.9. The first-order valence-electron chi connectivity index (χ1n) is 5.87. The van der Waals surface area contributed by atoms with E-state index in [0.717, 1.165) is 45.8 Å². The van der Waals surface area contributed by atoms with Crippen LogP contribution in [0.4, 0.5) is 0 Å². The Hall–Kier alpha value is -0.420. The molecule has 0 aliphatic carbocycles. The molecule has 1 aliphatic rings. The Morgan fingerprint density at radius 2 is 2.50 bits per heavy atom. The largest absolute Gasteiger partial charge is 0.379 e. The molecule has 0 aromatic carbocycles. The zero-order valence-electron chi connectivity index (χ0n) is 9.48. The van der Waals surface area contributed by atoms with E-state index in [1.807, 2.05) is 11.3 Å². The second-order valence-electron chi connectivity index (χ2n) is 3.94. The molecule has 90 valence electrons. The van der Waals surface area contributed by atoms with Crippen molar-refractivity contribution in [2.24, 2.45) is 0 Å². The van der Waals surface area contributed by atoms with E-state index in [9.17, 15) is 0 Å². The highest BCUT2D eigenvalue weighted by Crippen LogP contribution is 2.08. The van der Waals surface area contributed by atoms with Gasteiger partial charge in [-0.3, -0.25) is 0 Å². The fourth-order valence-electron chi connectivity index (χ4n) is 1.73. The summed E-state index contributed by atoms with van der Waals surface area (Å²) in [6.07, 6.45) is 2.50. The molecule has 1 fully saturated rings. The molecule has 0 radical (unpaired) electrons. The lowest BCUT2D eigenvalue weighted by Gasteiger charge is -2.09. The van der Waals surface area contributed by atoms with E-state index in [0.29, 0.717) is 6.10 Å². The number of rotatable bonds is 7. The lowest BCUT2D eigenvalue weighted by atomic mass is 10.3. The van der Waals surface area contributed by atoms with Gasteiger partial charge in [-0.2, -0.15) is 0 Å². The van der Waals surface area contributed by atoms with Crippen molar-refractivity contribution in [3.05, 3.63) is 22.4 Å². The van der Waals surface area contributed by atoms with Gasteiger partial charge in [0.1, 0.15) is 0 Å². The van der Waals surface area contributed by atoms with E-state index in [4.69, 9.17) is 9.47 Å². The average Bonchev–Trinajstić information content (AvgIpc) is 2.96. The topological polar surface area (TPSA) is 30.5 Å². The second kappa shape index (κ2) is 7.01. The van der Waals surface area contributed by atoms with Crippen LogP contribution < -0.4 is 5.32 Å². The van der Waals surface area contributed by atoms with E-state index in [2.05, 4.69) is 22.8 Å². The van der Waals surface area contributed by atoms with Crippen LogP contribution in [0.2, 0.25) is 0 Å². The first-order chi connectivity index (χ1) is 7.95. The molecule has 1 unspecified atom stereocenters. The molecule has 3 nitrogen and oxygen atoms in total. The van der Waals surface area contributed by atoms with E-state index >= 15 is 0 Å². The maximum absolute atomic E-state index is 5.66. The van der Waals surface area contributed by atoms with Crippen molar-refractivity contribution in [3.63, 3.8) is 0 Å². The Morgan fingerprint density at radius 1 is 1.50 bits per heavy atom. The van der Waals surface area contributed by atoms with Crippen molar-refractivity contribution in [2.45, 2.75) is 18.9 Å². The summed E-state index contributed by atoms with van der Waals surface area (Å²) in [4.78, 5) is 1.44. The number of hydrogen-bond acceptors (Lipinski definition) is 4. The van der Waals surface area contributed by atoms with Crippen LogP contribution in [0.1, 0.15) is 11.3 Å². The summed E-state index contributed by atoms with van der Waals surface area (Å²) in [5.74, 6) is 0. The third-order valence-corrected chi connectivity index (χ3v) is 3.58. The number of hydrogen-bond donors (Lipinski definition) is 1. The summed E-state index contributed by atoms with van der Waals surface area (Å²) in [6, 6.07) is 4.28. The van der Waals surface area contributed by atoms with E-state index < -0.39 is 0 Å². The molecule has 2 heterocycles. The van der Waals surface area contributed by atoms with E-state index in [1.54, 1.807) is 0 Å². The number of thiophene rings is 1. The Bertz CT molecular complexity index is 271. The Morgan fingerprint density at radius 3 is 3.25 bits per heavy atom. The van der Waals surface area contributed by atoms with Gasteiger partial charge in [0.15, 0.2) is 0 Å². The first kappa shape index (κ1) is 12.0. The van der Waals surface area contributed by atoms with E-state index in [1.165, 1.54) is 4.88 Å². The molecule has 4 heteroatoms. The monoisotopic (exact) mass is 241 g/mol. The van der Waals surface area contributed by atoms with Crippen molar-refractivity contribution in [3.8, 4) is 0 Å². The molecule has 2 rings (SSSR count). The fourth-order valence-corrected chi connectivity index (χ4v) is 2.44. The molecular formula is C12H19NO2S. The minimum atomic E-state index is 0.332. The molecule has 1 atom stereocenters. The van der Waals surface area contributed by atoms with Crippen LogP contribution in [0.25, 0.3) is 0 Å². The number of ether oxygens (including phenoxy) is 2. The predicted octanol–water partition coefficient (Wildman–Crippen LogP) is 1.69. The smallest absolute Gasteiger partial charge is 0.0831 e. The minimum Gasteiger partial charge on any atom is -0.379 e. The van der Waals surface area contributed by atoms with Crippen LogP contribution in [0.15, 0.2) is 17.5 Å². The SMILES string of the molecule is c1csc(CCNCCOC2CCOC2)c1. The predicted molar refractivity (Wildman–Crippen MR) is 66.1 cm³/mol. The first-order valence-corrected chi connectivity index (χ1v) is 6.75. The summed E-state index contributed by atoms with van der Waals surface area (Å²) in [5, 5.41) is 5.51. The molecule has 0 bridgehead atoms. The molecular weight excluding hydrogens is 222 g/mol. The molecule has 0 amide bonds. The summed E-state index contributed by atoms with van der Waals surface area (Å²) >= 11 is 1.82. The van der Waals surface area contributed by atoms with Gasteiger partial charge in [-0.25, -0.2) is 0 Å². The lowest BCUT2D eigenvalue weighted by molar-refractivity contribution is 0.0446. The van der Waals surface area contributed by atoms with Gasteiger partial charge in [0.05, 0.1) is 19.3 Å². The molecule has 1 aromatic heterocycles. The second-order valence-corrected chi connectivity index (χ2v) is 4.97. The molecule has 0 spiro atoms. The molecule has 1 aliphatic heterocycles. The zero-order chi connectivity index (χ0) is 11.1. The molecule has 0 saturated carbocycles. The van der Waals surface area contributed by atoms with E-state index in [-0.39, 0.29) is 0 Å². The normalized spacial score (nSPS) is 20.4. The van der Waals surface area contributed by atoms with Crippen LogP contribution in [0.3, 0.4) is 0 Å². The third kappa shape index (κ3) is 4.22. The summed E-state index contributed by atoms with van der Waals surface area (Å²) in [5.41, 5.74) is 0. The van der Waals surface area contributed by atoms with Crippen LogP contribution in [-0.4, -0.2) is 39.0 Å². The maximum Gasteiger partial charge on any atom is 0.0831 e.